The minimum absolute atomic E-state index is 0.0773. The molecule has 4 rings (SSSR count). The Morgan fingerprint density at radius 2 is 2.00 bits per heavy atom. The quantitative estimate of drug-likeness (QED) is 0.843. The van der Waals surface area contributed by atoms with Gasteiger partial charge in [-0.3, -0.25) is 0 Å². The van der Waals surface area contributed by atoms with E-state index in [1.807, 2.05) is 0 Å². The monoisotopic (exact) mass is 380 g/mol. The van der Waals surface area contributed by atoms with Gasteiger partial charge in [0.1, 0.15) is 11.9 Å². The molecule has 2 aliphatic heterocycles. The first-order valence-corrected chi connectivity index (χ1v) is 10.5. The highest BCUT2D eigenvalue weighted by atomic mass is 16.5. The number of anilines is 1. The molecule has 4 heteroatoms. The van der Waals surface area contributed by atoms with Crippen LogP contribution in [0.2, 0.25) is 0 Å². The average molecular weight is 381 g/mol. The van der Waals surface area contributed by atoms with Gasteiger partial charge in [0.25, 0.3) is 0 Å². The van der Waals surface area contributed by atoms with Gasteiger partial charge in [-0.2, -0.15) is 0 Å². The predicted molar refractivity (Wildman–Crippen MR) is 114 cm³/mol. The van der Waals surface area contributed by atoms with E-state index in [0.717, 1.165) is 44.8 Å². The zero-order valence-corrected chi connectivity index (χ0v) is 17.3. The third-order valence-electron chi connectivity index (χ3n) is 6.68. The van der Waals surface area contributed by atoms with E-state index in [4.69, 9.17) is 9.47 Å². The summed E-state index contributed by atoms with van der Waals surface area (Å²) in [6.45, 7) is 8.34. The summed E-state index contributed by atoms with van der Waals surface area (Å²) in [6.07, 6.45) is 2.20. The number of benzene rings is 2. The number of methoxy groups -OCH3 is 1. The van der Waals surface area contributed by atoms with Gasteiger partial charge in [-0.1, -0.05) is 44.5 Å². The second kappa shape index (κ2) is 8.14. The van der Waals surface area contributed by atoms with Crippen LogP contribution in [0, 0.1) is 5.92 Å². The van der Waals surface area contributed by atoms with Crippen LogP contribution in [0.25, 0.3) is 0 Å². The number of nitrogens with zero attached hydrogens (tertiary/aromatic N) is 1. The van der Waals surface area contributed by atoms with E-state index in [0.29, 0.717) is 5.92 Å². The van der Waals surface area contributed by atoms with Gasteiger partial charge in [0, 0.05) is 25.3 Å². The van der Waals surface area contributed by atoms with E-state index >= 15 is 0 Å². The van der Waals surface area contributed by atoms with Crippen LogP contribution >= 0.6 is 0 Å². The van der Waals surface area contributed by atoms with Crippen molar-refractivity contribution in [2.24, 2.45) is 5.92 Å². The highest BCUT2D eigenvalue weighted by Gasteiger charge is 2.48. The summed E-state index contributed by atoms with van der Waals surface area (Å²) in [7, 11) is 1.71. The van der Waals surface area contributed by atoms with Crippen LogP contribution in [0.4, 0.5) is 5.69 Å². The summed E-state index contributed by atoms with van der Waals surface area (Å²) < 4.78 is 11.8. The molecule has 0 aromatic heterocycles. The minimum Gasteiger partial charge on any atom is -0.497 e. The molecule has 2 aromatic carbocycles. The summed E-state index contributed by atoms with van der Waals surface area (Å²) >= 11 is 0. The van der Waals surface area contributed by atoms with Crippen molar-refractivity contribution in [1.29, 1.82) is 0 Å². The molecular formula is C24H32N2O2. The summed E-state index contributed by atoms with van der Waals surface area (Å²) in [5.41, 5.74) is 3.94. The van der Waals surface area contributed by atoms with Gasteiger partial charge >= 0.3 is 0 Å². The molecule has 0 bridgehead atoms. The first kappa shape index (κ1) is 19.3. The van der Waals surface area contributed by atoms with Crippen LogP contribution in [0.1, 0.15) is 37.5 Å². The summed E-state index contributed by atoms with van der Waals surface area (Å²) in [4.78, 5) is 2.50. The van der Waals surface area contributed by atoms with Crippen LogP contribution < -0.4 is 15.0 Å². The Labute approximate surface area is 168 Å². The number of rotatable bonds is 5. The first-order valence-electron chi connectivity index (χ1n) is 10.5. The molecule has 4 nitrogen and oxygen atoms in total. The zero-order valence-electron chi connectivity index (χ0n) is 17.3. The molecule has 0 saturated carbocycles. The molecule has 0 spiro atoms. The first-order chi connectivity index (χ1) is 13.7. The third-order valence-corrected chi connectivity index (χ3v) is 6.68. The van der Waals surface area contributed by atoms with Crippen molar-refractivity contribution in [1.82, 2.24) is 5.32 Å². The maximum Gasteiger partial charge on any atom is 0.119 e. The molecule has 0 amide bonds. The van der Waals surface area contributed by atoms with Crippen LogP contribution in [-0.4, -0.2) is 38.9 Å². The van der Waals surface area contributed by atoms with Crippen molar-refractivity contribution < 1.29 is 9.47 Å². The van der Waals surface area contributed by atoms with E-state index < -0.39 is 0 Å². The lowest BCUT2D eigenvalue weighted by atomic mass is 9.73. The lowest BCUT2D eigenvalue weighted by Gasteiger charge is -2.53. The standard InChI is InChI=1S/C24H32N2O2/c1-4-18(2)24(23-22-8-6-5-7-19(22)13-16-28-23)17-26(15-14-25-24)20-9-11-21(27-3)12-10-20/h5-12,18,23,25H,4,13-17H2,1-3H3. The smallest absolute Gasteiger partial charge is 0.119 e. The largest absolute Gasteiger partial charge is 0.497 e. The maximum atomic E-state index is 6.48. The SMILES string of the molecule is CCC(C)C1(C2OCCc3ccccc32)CN(c2ccc(OC)cc2)CCN1. The van der Waals surface area contributed by atoms with Gasteiger partial charge in [0.2, 0.25) is 0 Å². The fourth-order valence-electron chi connectivity index (χ4n) is 4.84. The zero-order chi connectivity index (χ0) is 19.6. The van der Waals surface area contributed by atoms with Crippen molar-refractivity contribution in [2.45, 2.75) is 38.3 Å². The van der Waals surface area contributed by atoms with Gasteiger partial charge in [-0.15, -0.1) is 0 Å². The molecule has 2 aromatic rings. The van der Waals surface area contributed by atoms with Crippen LogP contribution in [0.15, 0.2) is 48.5 Å². The lowest BCUT2D eigenvalue weighted by Crippen LogP contribution is -2.67. The van der Waals surface area contributed by atoms with Crippen molar-refractivity contribution in [3.05, 3.63) is 59.7 Å². The van der Waals surface area contributed by atoms with E-state index in [1.54, 1.807) is 7.11 Å². The van der Waals surface area contributed by atoms with Gasteiger partial charge < -0.3 is 19.7 Å². The molecule has 28 heavy (non-hydrogen) atoms. The number of piperazine rings is 1. The number of hydrogen-bond acceptors (Lipinski definition) is 4. The molecule has 0 aliphatic carbocycles. The Morgan fingerprint density at radius 3 is 2.75 bits per heavy atom. The molecule has 1 fully saturated rings. The Morgan fingerprint density at radius 1 is 1.21 bits per heavy atom. The maximum absolute atomic E-state index is 6.48. The van der Waals surface area contributed by atoms with Crippen molar-refractivity contribution >= 4 is 5.69 Å². The van der Waals surface area contributed by atoms with Crippen LogP contribution in [0.3, 0.4) is 0 Å². The molecular weight excluding hydrogens is 348 g/mol. The molecule has 150 valence electrons. The highest BCUT2D eigenvalue weighted by Crippen LogP contribution is 2.43. The summed E-state index contributed by atoms with van der Waals surface area (Å²) in [6, 6.07) is 17.3. The number of fused-ring (bicyclic) bond motifs is 1. The molecule has 2 aliphatic rings. The average Bonchev–Trinajstić information content (AvgIpc) is 2.78. The van der Waals surface area contributed by atoms with Crippen molar-refractivity contribution in [2.75, 3.05) is 38.3 Å². The number of nitrogens with one attached hydrogen (secondary N) is 1. The predicted octanol–water partition coefficient (Wildman–Crippen LogP) is 4.20. The van der Waals surface area contributed by atoms with Crippen molar-refractivity contribution in [3.8, 4) is 5.75 Å². The van der Waals surface area contributed by atoms with Crippen LogP contribution in [-0.2, 0) is 11.2 Å². The van der Waals surface area contributed by atoms with E-state index in [-0.39, 0.29) is 11.6 Å². The Kier molecular flexibility index (Phi) is 5.61. The van der Waals surface area contributed by atoms with Crippen molar-refractivity contribution in [3.63, 3.8) is 0 Å². The minimum atomic E-state index is -0.108. The third kappa shape index (κ3) is 3.40. The Bertz CT molecular complexity index is 791. The molecule has 3 unspecified atom stereocenters. The normalized spacial score (nSPS) is 25.8. The van der Waals surface area contributed by atoms with E-state index in [1.165, 1.54) is 16.8 Å². The Balaban J connectivity index is 1.69. The Hall–Kier alpha value is -2.04. The van der Waals surface area contributed by atoms with E-state index in [2.05, 4.69) is 72.6 Å². The van der Waals surface area contributed by atoms with Crippen LogP contribution in [0.5, 0.6) is 5.75 Å². The summed E-state index contributed by atoms with van der Waals surface area (Å²) in [5, 5.41) is 3.92. The second-order valence-electron chi connectivity index (χ2n) is 8.10. The fraction of sp³-hybridized carbons (Fsp3) is 0.500. The van der Waals surface area contributed by atoms with E-state index in [9.17, 15) is 0 Å². The highest BCUT2D eigenvalue weighted by molar-refractivity contribution is 5.50. The lowest BCUT2D eigenvalue weighted by molar-refractivity contribution is -0.0500. The molecule has 0 radical (unpaired) electrons. The van der Waals surface area contributed by atoms with Gasteiger partial charge in [0.15, 0.2) is 0 Å². The second-order valence-corrected chi connectivity index (χ2v) is 8.10. The van der Waals surface area contributed by atoms with Gasteiger partial charge in [0.05, 0.1) is 19.3 Å². The molecule has 1 saturated heterocycles. The molecule has 3 atom stereocenters. The number of hydrogen-bond donors (Lipinski definition) is 1. The fourth-order valence-corrected chi connectivity index (χ4v) is 4.84. The number of ether oxygens (including phenoxy) is 2. The topological polar surface area (TPSA) is 33.7 Å². The molecule has 1 N–H and O–H groups in total. The van der Waals surface area contributed by atoms with Gasteiger partial charge in [-0.25, -0.2) is 0 Å². The molecule has 2 heterocycles. The van der Waals surface area contributed by atoms with Gasteiger partial charge in [-0.05, 0) is 47.7 Å². The summed E-state index contributed by atoms with van der Waals surface area (Å²) in [5.74, 6) is 1.39.